The van der Waals surface area contributed by atoms with Gasteiger partial charge in [-0.3, -0.25) is 4.79 Å². The fourth-order valence-corrected chi connectivity index (χ4v) is 1.74. The predicted octanol–water partition coefficient (Wildman–Crippen LogP) is 2.25. The van der Waals surface area contributed by atoms with E-state index in [4.69, 9.17) is 0 Å². The van der Waals surface area contributed by atoms with Gasteiger partial charge in [0.1, 0.15) is 11.5 Å². The number of carbonyl (C=O) groups excluding carboxylic acids is 1. The maximum Gasteiger partial charge on any atom is 0.271 e. The fourth-order valence-electron chi connectivity index (χ4n) is 1.74. The number of rotatable bonds is 3. The summed E-state index contributed by atoms with van der Waals surface area (Å²) < 4.78 is 0. The molecule has 0 spiro atoms. The molecule has 3 N–H and O–H groups in total. The number of nitrogens with zero attached hydrogens (tertiary/aromatic N) is 1. The van der Waals surface area contributed by atoms with Crippen LogP contribution in [-0.2, 0) is 0 Å². The Hall–Kier alpha value is -2.82. The molecule has 0 aliphatic carbocycles. The van der Waals surface area contributed by atoms with E-state index in [1.165, 1.54) is 18.2 Å². The molecule has 0 saturated heterocycles. The third-order valence-corrected chi connectivity index (χ3v) is 2.74. The Balaban J connectivity index is 2.18. The van der Waals surface area contributed by atoms with Gasteiger partial charge in [0.25, 0.3) is 5.91 Å². The minimum atomic E-state index is -0.361. The van der Waals surface area contributed by atoms with Gasteiger partial charge in [-0.05, 0) is 31.2 Å². The first-order valence-electron chi connectivity index (χ1n) is 6.00. The number of benzene rings is 2. The van der Waals surface area contributed by atoms with Crippen LogP contribution >= 0.6 is 0 Å². The van der Waals surface area contributed by atoms with Crippen LogP contribution in [0.25, 0.3) is 0 Å². The second kappa shape index (κ2) is 5.88. The zero-order chi connectivity index (χ0) is 14.5. The number of hydrazone groups is 1. The van der Waals surface area contributed by atoms with E-state index < -0.39 is 0 Å². The number of nitrogens with one attached hydrogen (secondary N) is 1. The lowest BCUT2D eigenvalue weighted by atomic mass is 10.1. The van der Waals surface area contributed by atoms with Gasteiger partial charge >= 0.3 is 0 Å². The van der Waals surface area contributed by atoms with Crippen molar-refractivity contribution in [3.63, 3.8) is 0 Å². The Labute approximate surface area is 116 Å². The molecule has 2 aromatic carbocycles. The van der Waals surface area contributed by atoms with E-state index in [9.17, 15) is 15.0 Å². The van der Waals surface area contributed by atoms with Crippen LogP contribution in [-0.4, -0.2) is 21.8 Å². The topological polar surface area (TPSA) is 81.9 Å². The molecule has 0 aliphatic heterocycles. The molecule has 0 saturated carbocycles. The van der Waals surface area contributed by atoms with E-state index in [2.05, 4.69) is 10.5 Å². The van der Waals surface area contributed by atoms with Gasteiger partial charge < -0.3 is 10.2 Å². The Kier molecular flexibility index (Phi) is 4.00. The molecule has 5 nitrogen and oxygen atoms in total. The number of aromatic hydroxyl groups is 2. The number of carbonyl (C=O) groups is 1. The van der Waals surface area contributed by atoms with Crippen molar-refractivity contribution >= 4 is 11.6 Å². The second-order valence-electron chi connectivity index (χ2n) is 4.18. The van der Waals surface area contributed by atoms with Crippen LogP contribution in [0.2, 0.25) is 0 Å². The normalized spacial score (nSPS) is 11.2. The Morgan fingerprint density at radius 1 is 1.00 bits per heavy atom. The van der Waals surface area contributed by atoms with Gasteiger partial charge in [0.05, 0.1) is 11.3 Å². The molecule has 0 unspecified atom stereocenters. The highest BCUT2D eigenvalue weighted by molar-refractivity contribution is 6.04. The molecule has 0 aromatic heterocycles. The average molecular weight is 270 g/mol. The number of phenols is 2. The summed E-state index contributed by atoms with van der Waals surface area (Å²) in [5, 5.41) is 23.3. The van der Waals surface area contributed by atoms with Gasteiger partial charge in [-0.15, -0.1) is 0 Å². The maximum absolute atomic E-state index is 11.8. The number of hydrogen-bond acceptors (Lipinski definition) is 4. The molecule has 2 aromatic rings. The first-order chi connectivity index (χ1) is 9.59. The summed E-state index contributed by atoms with van der Waals surface area (Å²) in [6, 6.07) is 13.0. The van der Waals surface area contributed by atoms with E-state index in [1.54, 1.807) is 31.2 Å². The molecule has 0 bridgehead atoms. The van der Waals surface area contributed by atoms with Crippen molar-refractivity contribution in [1.29, 1.82) is 0 Å². The van der Waals surface area contributed by atoms with Crippen LogP contribution in [0.5, 0.6) is 11.5 Å². The van der Waals surface area contributed by atoms with E-state index in [0.29, 0.717) is 11.3 Å². The minimum absolute atomic E-state index is 0.0970. The highest BCUT2D eigenvalue weighted by Crippen LogP contribution is 2.26. The summed E-state index contributed by atoms with van der Waals surface area (Å²) in [7, 11) is 0. The van der Waals surface area contributed by atoms with Crippen molar-refractivity contribution < 1.29 is 15.0 Å². The monoisotopic (exact) mass is 270 g/mol. The molecule has 0 atom stereocenters. The van der Waals surface area contributed by atoms with Crippen molar-refractivity contribution in [3.8, 4) is 11.5 Å². The number of amides is 1. The van der Waals surface area contributed by atoms with Crippen molar-refractivity contribution in [1.82, 2.24) is 5.43 Å². The largest absolute Gasteiger partial charge is 0.507 e. The fraction of sp³-hybridized carbons (Fsp3) is 0.0667. The third kappa shape index (κ3) is 2.95. The standard InChI is InChI=1S/C15H14N2O3/c1-10(14-12(18)8-5-9-13(14)19)16-17-15(20)11-6-3-2-4-7-11/h2-9,18-19H,1H3,(H,17,20)/b16-10-. The Morgan fingerprint density at radius 2 is 1.60 bits per heavy atom. The molecule has 5 heteroatoms. The van der Waals surface area contributed by atoms with Crippen LogP contribution in [0.4, 0.5) is 0 Å². The van der Waals surface area contributed by atoms with Gasteiger partial charge in [0.2, 0.25) is 0 Å². The Morgan fingerprint density at radius 3 is 2.20 bits per heavy atom. The summed E-state index contributed by atoms with van der Waals surface area (Å²) in [6.07, 6.45) is 0. The van der Waals surface area contributed by atoms with E-state index in [1.807, 2.05) is 6.07 Å². The lowest BCUT2D eigenvalue weighted by Crippen LogP contribution is -2.19. The van der Waals surface area contributed by atoms with Crippen LogP contribution < -0.4 is 5.43 Å². The predicted molar refractivity (Wildman–Crippen MR) is 75.9 cm³/mol. The van der Waals surface area contributed by atoms with Crippen molar-refractivity contribution in [3.05, 3.63) is 59.7 Å². The summed E-state index contributed by atoms with van der Waals surface area (Å²) in [6.45, 7) is 1.58. The first-order valence-corrected chi connectivity index (χ1v) is 6.00. The maximum atomic E-state index is 11.8. The van der Waals surface area contributed by atoms with Gasteiger partial charge in [-0.25, -0.2) is 5.43 Å². The first kappa shape index (κ1) is 13.6. The lowest BCUT2D eigenvalue weighted by Gasteiger charge is -2.07. The molecule has 1 amide bonds. The van der Waals surface area contributed by atoms with Crippen molar-refractivity contribution in [2.75, 3.05) is 0 Å². The van der Waals surface area contributed by atoms with Crippen LogP contribution in [0.15, 0.2) is 53.6 Å². The SMILES string of the molecule is C/C(=N/NC(=O)c1ccccc1)c1c(O)cccc1O. The van der Waals surface area contributed by atoms with Crippen molar-refractivity contribution in [2.24, 2.45) is 5.10 Å². The zero-order valence-corrected chi connectivity index (χ0v) is 10.9. The lowest BCUT2D eigenvalue weighted by molar-refractivity contribution is 0.0955. The summed E-state index contributed by atoms with van der Waals surface area (Å²) >= 11 is 0. The molecule has 102 valence electrons. The van der Waals surface area contributed by atoms with Crippen LogP contribution in [0.1, 0.15) is 22.8 Å². The molecule has 0 fully saturated rings. The zero-order valence-electron chi connectivity index (χ0n) is 10.9. The van der Waals surface area contributed by atoms with Crippen molar-refractivity contribution in [2.45, 2.75) is 6.92 Å². The number of hydrogen-bond donors (Lipinski definition) is 3. The summed E-state index contributed by atoms with van der Waals surface area (Å²) in [5.74, 6) is -0.555. The minimum Gasteiger partial charge on any atom is -0.507 e. The average Bonchev–Trinajstić information content (AvgIpc) is 2.45. The van der Waals surface area contributed by atoms with Gasteiger partial charge in [-0.1, -0.05) is 24.3 Å². The summed E-state index contributed by atoms with van der Waals surface area (Å²) in [4.78, 5) is 11.8. The molecule has 0 aliphatic rings. The quantitative estimate of drug-likeness (QED) is 0.591. The molecule has 0 heterocycles. The molecular weight excluding hydrogens is 256 g/mol. The summed E-state index contributed by atoms with van der Waals surface area (Å²) in [5.41, 5.74) is 3.36. The van der Waals surface area contributed by atoms with Crippen LogP contribution in [0, 0.1) is 0 Å². The molecule has 20 heavy (non-hydrogen) atoms. The second-order valence-corrected chi connectivity index (χ2v) is 4.18. The van der Waals surface area contributed by atoms with Gasteiger partial charge in [-0.2, -0.15) is 5.10 Å². The third-order valence-electron chi connectivity index (χ3n) is 2.74. The van der Waals surface area contributed by atoms with E-state index in [-0.39, 0.29) is 23.0 Å². The highest BCUT2D eigenvalue weighted by atomic mass is 16.3. The van der Waals surface area contributed by atoms with E-state index >= 15 is 0 Å². The smallest absolute Gasteiger partial charge is 0.271 e. The number of phenolic OH excluding ortho intramolecular Hbond substituents is 2. The molecular formula is C15H14N2O3. The highest BCUT2D eigenvalue weighted by Gasteiger charge is 2.11. The van der Waals surface area contributed by atoms with E-state index in [0.717, 1.165) is 0 Å². The van der Waals surface area contributed by atoms with Crippen LogP contribution in [0.3, 0.4) is 0 Å². The van der Waals surface area contributed by atoms with Gasteiger partial charge in [0.15, 0.2) is 0 Å². The molecule has 0 radical (unpaired) electrons. The molecule has 2 rings (SSSR count). The Bertz CT molecular complexity index is 631. The van der Waals surface area contributed by atoms with Gasteiger partial charge in [0, 0.05) is 5.56 Å².